The Morgan fingerprint density at radius 2 is 1.07 bits per heavy atom. The second-order valence-corrected chi connectivity index (χ2v) is 6.60. The van der Waals surface area contributed by atoms with Crippen LogP contribution in [0.25, 0.3) is 0 Å². The number of hydrogen-bond acceptors (Lipinski definition) is 1. The van der Waals surface area contributed by atoms with Gasteiger partial charge in [-0.3, -0.25) is 4.79 Å². The monoisotopic (exact) mass is 338 g/mol. The van der Waals surface area contributed by atoms with E-state index in [9.17, 15) is 4.79 Å². The van der Waals surface area contributed by atoms with Crippen molar-refractivity contribution in [2.45, 2.75) is 67.4 Å². The van der Waals surface area contributed by atoms with Gasteiger partial charge in [0, 0.05) is 0 Å². The van der Waals surface area contributed by atoms with Crippen LogP contribution in [0.1, 0.15) is 57.8 Å². The Hall–Kier alpha value is 0.630. The predicted octanol–water partition coefficient (Wildman–Crippen LogP) is 4.61. The topological polar surface area (TPSA) is 17.1 Å². The molecule has 0 aromatic rings. The molecule has 0 radical (unpaired) electrons. The van der Waals surface area contributed by atoms with Crippen molar-refractivity contribution in [2.24, 2.45) is 0 Å². The van der Waals surface area contributed by atoms with Crippen molar-refractivity contribution in [3.8, 4) is 0 Å². The Bertz CT molecular complexity index is 176. The maximum absolute atomic E-state index is 11.9. The van der Waals surface area contributed by atoms with Crippen molar-refractivity contribution in [3.63, 3.8) is 0 Å². The van der Waals surface area contributed by atoms with Crippen molar-refractivity contribution in [1.29, 1.82) is 0 Å². The Balaban J connectivity index is 2.40. The Labute approximate surface area is 110 Å². The van der Waals surface area contributed by atoms with Gasteiger partial charge in [-0.2, -0.15) is 0 Å². The molecule has 0 amide bonds. The summed E-state index contributed by atoms with van der Waals surface area (Å²) < 4.78 is 0. The van der Waals surface area contributed by atoms with Crippen LogP contribution < -0.4 is 0 Å². The van der Waals surface area contributed by atoms with Crippen molar-refractivity contribution in [1.82, 2.24) is 0 Å². The maximum Gasteiger partial charge on any atom is 0.160 e. The molecule has 1 saturated carbocycles. The van der Waals surface area contributed by atoms with E-state index in [0.717, 1.165) is 12.8 Å². The third-order valence-corrected chi connectivity index (χ3v) is 4.85. The molecular weight excluding hydrogens is 320 g/mol. The van der Waals surface area contributed by atoms with E-state index in [0.29, 0.717) is 5.78 Å². The summed E-state index contributed by atoms with van der Waals surface area (Å²) in [5.74, 6) is 0.343. The van der Waals surface area contributed by atoms with E-state index in [1.54, 1.807) is 0 Å². The molecule has 1 aliphatic carbocycles. The zero-order valence-electron chi connectivity index (χ0n) is 9.18. The lowest BCUT2D eigenvalue weighted by molar-refractivity contribution is -0.118. The molecule has 2 atom stereocenters. The standard InChI is InChI=1S/C12H20Br2O/c13-10-8-6-4-2-1-3-5-7-9-11(14)12(10)15/h10-11H,1-9H2/t10-,11?/m1/s1. The van der Waals surface area contributed by atoms with Crippen molar-refractivity contribution < 1.29 is 4.79 Å². The highest BCUT2D eigenvalue weighted by Crippen LogP contribution is 2.22. The van der Waals surface area contributed by atoms with Crippen LogP contribution in [0.2, 0.25) is 0 Å². The molecule has 1 aliphatic rings. The van der Waals surface area contributed by atoms with Crippen LogP contribution in [0, 0.1) is 0 Å². The number of halogens is 2. The number of ketones is 1. The number of carbonyl (C=O) groups is 1. The van der Waals surface area contributed by atoms with Gasteiger partial charge in [0.2, 0.25) is 0 Å². The van der Waals surface area contributed by atoms with Crippen molar-refractivity contribution in [2.75, 3.05) is 0 Å². The number of carbonyl (C=O) groups excluding carboxylic acids is 1. The van der Waals surface area contributed by atoms with Gasteiger partial charge in [0.05, 0.1) is 9.65 Å². The highest BCUT2D eigenvalue weighted by atomic mass is 79.9. The maximum atomic E-state index is 11.9. The fraction of sp³-hybridized carbons (Fsp3) is 0.917. The highest BCUT2D eigenvalue weighted by Gasteiger charge is 2.22. The van der Waals surface area contributed by atoms with E-state index in [1.165, 1.54) is 44.9 Å². The lowest BCUT2D eigenvalue weighted by atomic mass is 10.0. The van der Waals surface area contributed by atoms with Crippen LogP contribution in [0.5, 0.6) is 0 Å². The third kappa shape index (κ3) is 5.48. The van der Waals surface area contributed by atoms with Crippen LogP contribution in [0.15, 0.2) is 0 Å². The molecule has 0 spiro atoms. The SMILES string of the molecule is O=C1C(Br)CCCCCCCCC[C@H]1Br. The minimum Gasteiger partial charge on any atom is -0.297 e. The Morgan fingerprint density at radius 1 is 0.733 bits per heavy atom. The van der Waals surface area contributed by atoms with Crippen molar-refractivity contribution in [3.05, 3.63) is 0 Å². The van der Waals surface area contributed by atoms with Crippen LogP contribution in [-0.4, -0.2) is 15.4 Å². The van der Waals surface area contributed by atoms with E-state index in [-0.39, 0.29) is 9.65 Å². The quantitative estimate of drug-likeness (QED) is 0.589. The fourth-order valence-electron chi connectivity index (χ4n) is 2.01. The van der Waals surface area contributed by atoms with Crippen LogP contribution >= 0.6 is 31.9 Å². The predicted molar refractivity (Wildman–Crippen MR) is 72.0 cm³/mol. The molecule has 0 heterocycles. The van der Waals surface area contributed by atoms with Crippen LogP contribution in [-0.2, 0) is 4.79 Å². The van der Waals surface area contributed by atoms with Gasteiger partial charge in [0.15, 0.2) is 5.78 Å². The molecule has 0 bridgehead atoms. The van der Waals surface area contributed by atoms with E-state index >= 15 is 0 Å². The highest BCUT2D eigenvalue weighted by molar-refractivity contribution is 9.10. The zero-order valence-corrected chi connectivity index (χ0v) is 12.4. The average Bonchev–Trinajstić information content (AvgIpc) is 2.23. The van der Waals surface area contributed by atoms with E-state index in [1.807, 2.05) is 0 Å². The normalized spacial score (nSPS) is 31.7. The number of alkyl halides is 2. The summed E-state index contributed by atoms with van der Waals surface area (Å²) in [6.45, 7) is 0. The largest absolute Gasteiger partial charge is 0.297 e. The molecule has 0 aromatic heterocycles. The number of rotatable bonds is 0. The fourth-order valence-corrected chi connectivity index (χ4v) is 3.65. The molecule has 0 aliphatic heterocycles. The smallest absolute Gasteiger partial charge is 0.160 e. The molecule has 1 nitrogen and oxygen atoms in total. The van der Waals surface area contributed by atoms with Gasteiger partial charge in [-0.1, -0.05) is 76.8 Å². The van der Waals surface area contributed by atoms with Gasteiger partial charge in [0.1, 0.15) is 0 Å². The minimum absolute atomic E-state index is 0.0706. The molecule has 1 unspecified atom stereocenters. The zero-order chi connectivity index (χ0) is 11.1. The van der Waals surface area contributed by atoms with Crippen LogP contribution in [0.3, 0.4) is 0 Å². The lowest BCUT2D eigenvalue weighted by Crippen LogP contribution is -2.24. The molecule has 0 N–H and O–H groups in total. The van der Waals surface area contributed by atoms with Gasteiger partial charge in [-0.05, 0) is 12.8 Å². The van der Waals surface area contributed by atoms with Crippen molar-refractivity contribution >= 4 is 37.6 Å². The molecule has 1 fully saturated rings. The first-order valence-corrected chi connectivity index (χ1v) is 7.87. The molecule has 15 heavy (non-hydrogen) atoms. The second kappa shape index (κ2) is 7.83. The summed E-state index contributed by atoms with van der Waals surface area (Å²) in [6.07, 6.45) is 11.0. The summed E-state index contributed by atoms with van der Waals surface area (Å²) in [5.41, 5.74) is 0. The molecule has 0 saturated heterocycles. The Kier molecular flexibility index (Phi) is 7.15. The van der Waals surface area contributed by atoms with Gasteiger partial charge in [-0.25, -0.2) is 0 Å². The first-order valence-electron chi connectivity index (χ1n) is 6.03. The number of Topliss-reactive ketones (excluding diaryl/α,β-unsaturated/α-hetero) is 1. The van der Waals surface area contributed by atoms with E-state index < -0.39 is 0 Å². The summed E-state index contributed by atoms with van der Waals surface area (Å²) in [5, 5.41) is 0. The number of hydrogen-bond donors (Lipinski definition) is 0. The van der Waals surface area contributed by atoms with Gasteiger partial charge >= 0.3 is 0 Å². The van der Waals surface area contributed by atoms with E-state index in [2.05, 4.69) is 31.9 Å². The molecule has 0 aromatic carbocycles. The molecule has 3 heteroatoms. The summed E-state index contributed by atoms with van der Waals surface area (Å²) in [7, 11) is 0. The van der Waals surface area contributed by atoms with Gasteiger partial charge in [-0.15, -0.1) is 0 Å². The first kappa shape index (κ1) is 13.7. The van der Waals surface area contributed by atoms with Crippen LogP contribution in [0.4, 0.5) is 0 Å². The summed E-state index contributed by atoms with van der Waals surface area (Å²) in [4.78, 5) is 12.0. The summed E-state index contributed by atoms with van der Waals surface area (Å²) in [6, 6.07) is 0. The molecular formula is C12H20Br2O. The molecule has 88 valence electrons. The van der Waals surface area contributed by atoms with E-state index in [4.69, 9.17) is 0 Å². The lowest BCUT2D eigenvalue weighted by Gasteiger charge is -2.15. The summed E-state index contributed by atoms with van der Waals surface area (Å²) >= 11 is 7.01. The average molecular weight is 340 g/mol. The Morgan fingerprint density at radius 3 is 1.47 bits per heavy atom. The van der Waals surface area contributed by atoms with Gasteiger partial charge in [0.25, 0.3) is 0 Å². The second-order valence-electron chi connectivity index (χ2n) is 4.39. The van der Waals surface area contributed by atoms with Gasteiger partial charge < -0.3 is 0 Å². The first-order chi connectivity index (χ1) is 7.22. The third-order valence-electron chi connectivity index (χ3n) is 3.03. The molecule has 1 rings (SSSR count). The minimum atomic E-state index is 0.0706.